The van der Waals surface area contributed by atoms with Gasteiger partial charge >= 0.3 is 0 Å². The van der Waals surface area contributed by atoms with E-state index in [-0.39, 0.29) is 40.4 Å². The molecule has 32 heavy (non-hydrogen) atoms. The van der Waals surface area contributed by atoms with Crippen LogP contribution < -0.4 is 15.4 Å². The summed E-state index contributed by atoms with van der Waals surface area (Å²) in [6.07, 6.45) is 5.80. The third kappa shape index (κ3) is 3.37. The van der Waals surface area contributed by atoms with Gasteiger partial charge in [-0.15, -0.1) is 0 Å². The predicted molar refractivity (Wildman–Crippen MR) is 122 cm³/mol. The molecular weight excluding hydrogens is 473 g/mol. The number of carbonyl (C=O) groups is 2. The average molecular weight is 499 g/mol. The fourth-order valence-corrected chi connectivity index (χ4v) is 8.39. The molecule has 0 radical (unpaired) electrons. The summed E-state index contributed by atoms with van der Waals surface area (Å²) in [6, 6.07) is 4.51. The number of rotatable bonds is 6. The van der Waals surface area contributed by atoms with E-state index in [4.69, 9.17) is 28.9 Å². The number of hydrogen-bond acceptors (Lipinski definition) is 4. The Kier molecular flexibility index (Phi) is 5.51. The Hall–Kier alpha value is -1.35. The van der Waals surface area contributed by atoms with Crippen LogP contribution in [-0.4, -0.2) is 32.2 Å². The Bertz CT molecular complexity index is 985. The number of nitrogens with zero attached hydrogens (tertiary/aromatic N) is 1. The summed E-state index contributed by atoms with van der Waals surface area (Å²) in [7, 11) is 0. The molecule has 5 aliphatic rings. The van der Waals surface area contributed by atoms with Gasteiger partial charge in [0.25, 0.3) is 0 Å². The summed E-state index contributed by atoms with van der Waals surface area (Å²) < 4.78 is 25.8. The molecule has 0 saturated heterocycles. The van der Waals surface area contributed by atoms with E-state index < -0.39 is 22.2 Å². The summed E-state index contributed by atoms with van der Waals surface area (Å²) in [5.74, 6) is 0.358. The summed E-state index contributed by atoms with van der Waals surface area (Å²) in [5.41, 5.74) is 4.38. The molecule has 4 bridgehead atoms. The smallest absolute Gasteiger partial charge is 0.247 e. The topological polar surface area (TPSA) is 116 Å². The van der Waals surface area contributed by atoms with Crippen LogP contribution in [0.2, 0.25) is 10.0 Å². The number of carbonyl (C=O) groups excluding carboxylic acids is 2. The van der Waals surface area contributed by atoms with E-state index in [0.717, 1.165) is 30.0 Å². The molecule has 3 N–H and O–H groups in total. The number of hydrogen-bond donors (Lipinski definition) is 2. The van der Waals surface area contributed by atoms with Gasteiger partial charge in [-0.2, -0.15) is 0 Å². The van der Waals surface area contributed by atoms with E-state index in [1.807, 2.05) is 0 Å². The molecule has 10 heteroatoms. The Labute approximate surface area is 199 Å². The van der Waals surface area contributed by atoms with Crippen molar-refractivity contribution in [1.82, 2.24) is 5.32 Å². The van der Waals surface area contributed by atoms with E-state index in [1.165, 1.54) is 12.1 Å². The Balaban J connectivity index is 1.42. The van der Waals surface area contributed by atoms with Gasteiger partial charge in [0.2, 0.25) is 11.8 Å². The van der Waals surface area contributed by atoms with Gasteiger partial charge in [0.05, 0.1) is 10.7 Å². The molecule has 0 heterocycles. The third-order valence-corrected chi connectivity index (χ3v) is 9.75. The average Bonchev–Trinajstić information content (AvgIpc) is 2.67. The first-order chi connectivity index (χ1) is 15.1. The van der Waals surface area contributed by atoms with Crippen LogP contribution in [0.25, 0.3) is 0 Å². The van der Waals surface area contributed by atoms with Crippen LogP contribution >= 0.6 is 23.2 Å². The van der Waals surface area contributed by atoms with Gasteiger partial charge in [0.15, 0.2) is 0 Å². The van der Waals surface area contributed by atoms with Crippen molar-refractivity contribution >= 4 is 52.0 Å². The molecule has 1 aromatic carbocycles. The first kappa shape index (κ1) is 22.4. The lowest BCUT2D eigenvalue weighted by Gasteiger charge is -2.59. The van der Waals surface area contributed by atoms with Crippen molar-refractivity contribution in [3.8, 4) is 0 Å². The van der Waals surface area contributed by atoms with E-state index in [1.54, 1.807) is 6.07 Å². The molecule has 5 saturated carbocycles. The molecule has 174 valence electrons. The summed E-state index contributed by atoms with van der Waals surface area (Å²) in [5, 5.41) is 3.79. The number of benzene rings is 1. The van der Waals surface area contributed by atoms with Gasteiger partial charge < -0.3 is 15.6 Å². The number of amides is 2. The number of primary amides is 1. The van der Waals surface area contributed by atoms with Crippen molar-refractivity contribution in [3.05, 3.63) is 28.2 Å². The highest BCUT2D eigenvalue weighted by atomic mass is 35.5. The number of nitrogens with two attached hydrogens (primary N) is 1. The van der Waals surface area contributed by atoms with Crippen LogP contribution in [-0.2, 0) is 20.9 Å². The van der Waals surface area contributed by atoms with Crippen LogP contribution in [0, 0.1) is 23.2 Å². The van der Waals surface area contributed by atoms with Crippen LogP contribution in [0.1, 0.15) is 51.4 Å². The van der Waals surface area contributed by atoms with Crippen molar-refractivity contribution < 1.29 is 18.4 Å². The highest BCUT2D eigenvalue weighted by molar-refractivity contribution is 7.80. The molecule has 5 aliphatic carbocycles. The first-order valence-electron chi connectivity index (χ1n) is 11.1. The lowest BCUT2D eigenvalue weighted by Crippen LogP contribution is -2.68. The standard InChI is InChI=1S/C22H27Cl2N3O4S/c23-15-2-3-17(16(24)8-15)27(32(30)31)22(4-1-5-22)20(29)26-18-13-6-12-7-14(18)11-21(9-12,10-13)19(25)28/h2-3,8,12-14,18H,1,4-7,9-11H2,(H2,25,28)(H,26,29)(H,30,31)/p-1. The SMILES string of the molecule is NC(=O)C12CC3CC(C1)C(NC(=O)C1(N(c4ccc(Cl)cc4Cl)S(=O)[O-])CCC1)C(C3)C2. The summed E-state index contributed by atoms with van der Waals surface area (Å²) in [4.78, 5) is 25.9. The molecule has 3 unspecified atom stereocenters. The molecular formula is C22H26Cl2N3O4S-. The van der Waals surface area contributed by atoms with E-state index in [9.17, 15) is 18.4 Å². The van der Waals surface area contributed by atoms with Crippen molar-refractivity contribution in [1.29, 1.82) is 0 Å². The summed E-state index contributed by atoms with van der Waals surface area (Å²) >= 11 is 9.61. The maximum atomic E-state index is 13.7. The highest BCUT2D eigenvalue weighted by Gasteiger charge is 2.59. The molecule has 6 rings (SSSR count). The molecule has 5 fully saturated rings. The zero-order valence-electron chi connectivity index (χ0n) is 17.5. The normalized spacial score (nSPS) is 35.1. The highest BCUT2D eigenvalue weighted by Crippen LogP contribution is 2.60. The molecule has 0 aromatic heterocycles. The molecule has 0 spiro atoms. The van der Waals surface area contributed by atoms with Gasteiger partial charge in [-0.3, -0.25) is 18.1 Å². The number of anilines is 1. The Morgan fingerprint density at radius 2 is 1.81 bits per heavy atom. The van der Waals surface area contributed by atoms with Crippen molar-refractivity contribution in [2.75, 3.05) is 4.31 Å². The molecule has 7 nitrogen and oxygen atoms in total. The van der Waals surface area contributed by atoms with Crippen molar-refractivity contribution in [3.63, 3.8) is 0 Å². The minimum Gasteiger partial charge on any atom is -0.755 e. The molecule has 3 atom stereocenters. The van der Waals surface area contributed by atoms with Gasteiger partial charge in [0.1, 0.15) is 5.54 Å². The lowest BCUT2D eigenvalue weighted by atomic mass is 9.47. The van der Waals surface area contributed by atoms with E-state index >= 15 is 0 Å². The van der Waals surface area contributed by atoms with E-state index in [2.05, 4.69) is 5.32 Å². The second-order valence-electron chi connectivity index (χ2n) is 10.1. The number of halogens is 2. The van der Waals surface area contributed by atoms with E-state index in [0.29, 0.717) is 36.6 Å². The van der Waals surface area contributed by atoms with Gasteiger partial charge in [-0.05, 0) is 87.3 Å². The van der Waals surface area contributed by atoms with Gasteiger partial charge in [0, 0.05) is 27.7 Å². The minimum atomic E-state index is -2.70. The van der Waals surface area contributed by atoms with Gasteiger partial charge in [-0.1, -0.05) is 23.2 Å². The Morgan fingerprint density at radius 1 is 1.16 bits per heavy atom. The fourth-order valence-electron chi connectivity index (χ4n) is 6.98. The number of nitrogens with one attached hydrogen (secondary N) is 1. The van der Waals surface area contributed by atoms with Gasteiger partial charge in [-0.25, -0.2) is 0 Å². The molecule has 1 aromatic rings. The third-order valence-electron chi connectivity index (χ3n) is 8.36. The maximum Gasteiger partial charge on any atom is 0.247 e. The quantitative estimate of drug-likeness (QED) is 0.585. The zero-order chi connectivity index (χ0) is 22.8. The van der Waals surface area contributed by atoms with Crippen LogP contribution in [0.4, 0.5) is 5.69 Å². The fraction of sp³-hybridized carbons (Fsp3) is 0.636. The first-order valence-corrected chi connectivity index (χ1v) is 12.9. The Morgan fingerprint density at radius 3 is 2.31 bits per heavy atom. The molecule has 0 aliphatic heterocycles. The predicted octanol–water partition coefficient (Wildman–Crippen LogP) is 3.31. The van der Waals surface area contributed by atoms with Crippen molar-refractivity contribution in [2.24, 2.45) is 28.9 Å². The van der Waals surface area contributed by atoms with Crippen LogP contribution in [0.15, 0.2) is 18.2 Å². The van der Waals surface area contributed by atoms with Crippen LogP contribution in [0.5, 0.6) is 0 Å². The largest absolute Gasteiger partial charge is 0.755 e. The minimum absolute atomic E-state index is 0.0633. The molecule has 2 amide bonds. The monoisotopic (exact) mass is 498 g/mol. The summed E-state index contributed by atoms with van der Waals surface area (Å²) in [6.45, 7) is 0. The van der Waals surface area contributed by atoms with Crippen LogP contribution in [0.3, 0.4) is 0 Å². The zero-order valence-corrected chi connectivity index (χ0v) is 19.8. The second-order valence-corrected chi connectivity index (χ2v) is 11.7. The second kappa shape index (κ2) is 7.86. The van der Waals surface area contributed by atoms with Crippen molar-refractivity contribution in [2.45, 2.75) is 62.9 Å². The maximum absolute atomic E-state index is 13.7. The lowest BCUT2D eigenvalue weighted by molar-refractivity contribution is -0.148.